The van der Waals surface area contributed by atoms with Crippen molar-refractivity contribution in [2.45, 2.75) is 6.61 Å². The lowest BCUT2D eigenvalue weighted by atomic mass is 10.2. The molecule has 0 aromatic heterocycles. The summed E-state index contributed by atoms with van der Waals surface area (Å²) < 4.78 is 5.21. The second-order valence-corrected chi connectivity index (χ2v) is 3.89. The number of carbonyl (C=O) groups excluding carboxylic acids is 1. The number of ether oxygens (including phenoxy) is 1. The maximum Gasteiger partial charge on any atom is 0.342 e. The zero-order chi connectivity index (χ0) is 12.4. The average molecular weight is 242 g/mol. The summed E-state index contributed by atoms with van der Waals surface area (Å²) in [5, 5.41) is 0. The van der Waals surface area contributed by atoms with Gasteiger partial charge in [-0.15, -0.1) is 0 Å². The van der Waals surface area contributed by atoms with Crippen LogP contribution in [0, 0.1) is 0 Å². The number of rotatable bonds is 3. The second kappa shape index (κ2) is 4.41. The summed E-state index contributed by atoms with van der Waals surface area (Å²) in [5.74, 6) is 0.557. The molecule has 0 fully saturated rings. The van der Waals surface area contributed by atoms with Crippen molar-refractivity contribution < 1.29 is 19.3 Å². The Morgan fingerprint density at radius 2 is 1.89 bits per heavy atom. The van der Waals surface area contributed by atoms with Gasteiger partial charge in [0, 0.05) is 6.07 Å². The summed E-state index contributed by atoms with van der Waals surface area (Å²) in [4.78, 5) is 21.6. The molecule has 0 amide bonds. The first-order chi connectivity index (χ1) is 8.83. The number of hydrogen-bond acceptors (Lipinski definition) is 4. The third kappa shape index (κ3) is 2.00. The molecule has 1 aliphatic rings. The number of benzene rings is 2. The molecule has 2 bridgehead atoms. The van der Waals surface area contributed by atoms with E-state index in [0.717, 1.165) is 5.56 Å². The van der Waals surface area contributed by atoms with Crippen molar-refractivity contribution in [3.63, 3.8) is 0 Å². The van der Waals surface area contributed by atoms with E-state index < -0.39 is 5.97 Å². The van der Waals surface area contributed by atoms with E-state index in [1.807, 2.05) is 30.3 Å². The van der Waals surface area contributed by atoms with E-state index in [4.69, 9.17) is 14.5 Å². The molecule has 90 valence electrons. The van der Waals surface area contributed by atoms with Gasteiger partial charge in [-0.05, 0) is 17.7 Å². The third-order valence-electron chi connectivity index (χ3n) is 2.61. The van der Waals surface area contributed by atoms with Crippen LogP contribution in [0.2, 0.25) is 0 Å². The Hall–Kier alpha value is -2.49. The zero-order valence-corrected chi connectivity index (χ0v) is 9.46. The van der Waals surface area contributed by atoms with E-state index in [9.17, 15) is 4.79 Å². The Labute approximate surface area is 104 Å². The largest absolute Gasteiger partial charge is 0.457 e. The van der Waals surface area contributed by atoms with Gasteiger partial charge in [-0.25, -0.2) is 4.79 Å². The van der Waals surface area contributed by atoms with Crippen LogP contribution in [0.25, 0.3) is 0 Å². The molecule has 0 radical (unpaired) electrons. The molecule has 2 aromatic carbocycles. The zero-order valence-electron chi connectivity index (χ0n) is 9.46. The van der Waals surface area contributed by atoms with Crippen molar-refractivity contribution >= 4 is 5.97 Å². The molecule has 3 rings (SSSR count). The normalized spacial score (nSPS) is 11.6. The van der Waals surface area contributed by atoms with E-state index in [1.165, 1.54) is 0 Å². The highest BCUT2D eigenvalue weighted by molar-refractivity contribution is 5.93. The van der Waals surface area contributed by atoms with Crippen LogP contribution in [-0.4, -0.2) is 5.97 Å². The highest BCUT2D eigenvalue weighted by atomic mass is 17.2. The lowest BCUT2D eigenvalue weighted by molar-refractivity contribution is -0.0853. The average Bonchev–Trinajstić information content (AvgIpc) is 2.79. The summed E-state index contributed by atoms with van der Waals surface area (Å²) in [6.45, 7) is 0.238. The Bertz CT molecular complexity index is 578. The van der Waals surface area contributed by atoms with E-state index >= 15 is 0 Å². The molecule has 2 aromatic rings. The van der Waals surface area contributed by atoms with Crippen LogP contribution < -0.4 is 9.78 Å². The molecule has 0 aliphatic carbocycles. The first kappa shape index (κ1) is 10.7. The summed E-state index contributed by atoms with van der Waals surface area (Å²) >= 11 is 0. The predicted molar refractivity (Wildman–Crippen MR) is 63.3 cm³/mol. The molecule has 1 heterocycles. The van der Waals surface area contributed by atoms with Crippen LogP contribution in [0.15, 0.2) is 48.5 Å². The van der Waals surface area contributed by atoms with Crippen LogP contribution in [0.1, 0.15) is 15.9 Å². The van der Waals surface area contributed by atoms with Crippen molar-refractivity contribution in [2.75, 3.05) is 0 Å². The molecule has 0 saturated heterocycles. The van der Waals surface area contributed by atoms with Gasteiger partial charge >= 0.3 is 5.97 Å². The standard InChI is InChI=1S/C14H10O4/c15-14(16-9-10-4-2-1-3-5-10)12-7-6-11-8-13(12)18-17-11/h1-8H,9H2. The first-order valence-corrected chi connectivity index (χ1v) is 5.52. The molecule has 0 atom stereocenters. The van der Waals surface area contributed by atoms with Gasteiger partial charge in [0.2, 0.25) is 0 Å². The highest BCUT2D eigenvalue weighted by Gasteiger charge is 2.21. The van der Waals surface area contributed by atoms with Crippen LogP contribution in [0.4, 0.5) is 0 Å². The fourth-order valence-corrected chi connectivity index (χ4v) is 1.69. The molecular weight excluding hydrogens is 232 g/mol. The van der Waals surface area contributed by atoms with E-state index in [1.54, 1.807) is 18.2 Å². The van der Waals surface area contributed by atoms with Crippen molar-refractivity contribution in [2.24, 2.45) is 0 Å². The van der Waals surface area contributed by atoms with Crippen molar-refractivity contribution in [1.82, 2.24) is 0 Å². The van der Waals surface area contributed by atoms with Gasteiger partial charge in [-0.3, -0.25) is 9.78 Å². The molecule has 0 spiro atoms. The number of esters is 1. The Morgan fingerprint density at radius 3 is 2.72 bits per heavy atom. The van der Waals surface area contributed by atoms with Crippen molar-refractivity contribution in [3.8, 4) is 11.5 Å². The topological polar surface area (TPSA) is 44.8 Å². The predicted octanol–water partition coefficient (Wildman–Crippen LogP) is 2.73. The summed E-state index contributed by atoms with van der Waals surface area (Å²) in [6, 6.07) is 14.4. The molecule has 4 heteroatoms. The van der Waals surface area contributed by atoms with Crippen molar-refractivity contribution in [1.29, 1.82) is 0 Å². The lowest BCUT2D eigenvalue weighted by Crippen LogP contribution is -2.06. The minimum Gasteiger partial charge on any atom is -0.457 e. The van der Waals surface area contributed by atoms with Gasteiger partial charge in [0.05, 0.1) is 0 Å². The SMILES string of the molecule is O=C(OCc1ccccc1)c1ccc2cc1OO2. The fourth-order valence-electron chi connectivity index (χ4n) is 1.69. The minimum atomic E-state index is -0.425. The lowest BCUT2D eigenvalue weighted by Gasteiger charge is -2.05. The smallest absolute Gasteiger partial charge is 0.342 e. The molecule has 18 heavy (non-hydrogen) atoms. The van der Waals surface area contributed by atoms with Gasteiger partial charge in [-0.1, -0.05) is 30.3 Å². The van der Waals surface area contributed by atoms with Crippen molar-refractivity contribution in [3.05, 3.63) is 59.7 Å². The van der Waals surface area contributed by atoms with Gasteiger partial charge in [0.25, 0.3) is 0 Å². The maximum absolute atomic E-state index is 11.9. The second-order valence-electron chi connectivity index (χ2n) is 3.89. The van der Waals surface area contributed by atoms with Crippen LogP contribution in [-0.2, 0) is 11.3 Å². The Kier molecular flexibility index (Phi) is 2.61. The fraction of sp³-hybridized carbons (Fsp3) is 0.0714. The summed E-state index contributed by atoms with van der Waals surface area (Å²) in [5.41, 5.74) is 1.31. The molecular formula is C14H10O4. The maximum atomic E-state index is 11.9. The molecule has 0 unspecified atom stereocenters. The van der Waals surface area contributed by atoms with E-state index in [2.05, 4.69) is 0 Å². The number of hydrogen-bond donors (Lipinski definition) is 0. The quantitative estimate of drug-likeness (QED) is 0.613. The van der Waals surface area contributed by atoms with Crippen LogP contribution >= 0.6 is 0 Å². The first-order valence-electron chi connectivity index (χ1n) is 5.52. The summed E-state index contributed by atoms with van der Waals surface area (Å²) in [7, 11) is 0. The molecule has 0 saturated carbocycles. The van der Waals surface area contributed by atoms with Gasteiger partial charge in [0.15, 0.2) is 11.5 Å². The van der Waals surface area contributed by atoms with Gasteiger partial charge < -0.3 is 4.74 Å². The minimum absolute atomic E-state index is 0.238. The van der Waals surface area contributed by atoms with E-state index in [-0.39, 0.29) is 6.61 Å². The van der Waals surface area contributed by atoms with Gasteiger partial charge in [0.1, 0.15) is 12.2 Å². The Balaban J connectivity index is 1.69. The monoisotopic (exact) mass is 242 g/mol. The summed E-state index contributed by atoms with van der Waals surface area (Å²) in [6.07, 6.45) is 0. The number of carbonyl (C=O) groups is 1. The molecule has 1 aliphatic heterocycles. The van der Waals surface area contributed by atoms with Crippen LogP contribution in [0.3, 0.4) is 0 Å². The highest BCUT2D eigenvalue weighted by Crippen LogP contribution is 2.31. The molecule has 4 nitrogen and oxygen atoms in total. The van der Waals surface area contributed by atoms with Crippen LogP contribution in [0.5, 0.6) is 11.5 Å². The number of fused-ring (bicyclic) bond motifs is 2. The third-order valence-corrected chi connectivity index (χ3v) is 2.61. The Morgan fingerprint density at radius 1 is 1.06 bits per heavy atom. The van der Waals surface area contributed by atoms with Gasteiger partial charge in [-0.2, -0.15) is 0 Å². The van der Waals surface area contributed by atoms with E-state index in [0.29, 0.717) is 17.1 Å². The molecule has 0 N–H and O–H groups in total.